The second-order valence-electron chi connectivity index (χ2n) is 8.92. The third-order valence-corrected chi connectivity index (χ3v) is 6.27. The van der Waals surface area contributed by atoms with E-state index in [0.29, 0.717) is 49.1 Å². The van der Waals surface area contributed by atoms with Crippen LogP contribution in [0.2, 0.25) is 0 Å². The zero-order valence-corrected chi connectivity index (χ0v) is 22.6. The molecule has 0 saturated carbocycles. The van der Waals surface area contributed by atoms with E-state index < -0.39 is 0 Å². The van der Waals surface area contributed by atoms with Crippen LogP contribution in [-0.4, -0.2) is 38.8 Å². The Labute approximate surface area is 229 Å². The lowest BCUT2D eigenvalue weighted by Crippen LogP contribution is -2.36. The molecular weight excluding hydrogens is 492 g/mol. The molecule has 0 aliphatic carbocycles. The minimum absolute atomic E-state index is 0.190. The number of hydrogen-bond donors (Lipinski definition) is 1. The Bertz CT molecular complexity index is 1350. The van der Waals surface area contributed by atoms with Crippen LogP contribution in [0.5, 0.6) is 23.0 Å². The Balaban J connectivity index is 1.50. The van der Waals surface area contributed by atoms with Gasteiger partial charge in [0.25, 0.3) is 0 Å². The van der Waals surface area contributed by atoms with E-state index in [1.807, 2.05) is 97.1 Å². The van der Waals surface area contributed by atoms with E-state index in [1.54, 1.807) is 26.2 Å². The van der Waals surface area contributed by atoms with Crippen LogP contribution in [0.4, 0.5) is 10.5 Å². The average molecular weight is 527 g/mol. The maximum atomic E-state index is 13.4. The van der Waals surface area contributed by atoms with Crippen molar-refractivity contribution in [3.05, 3.63) is 114 Å². The summed E-state index contributed by atoms with van der Waals surface area (Å²) in [6.07, 6.45) is 0.637. The molecule has 0 atom stereocenters. The number of benzene rings is 4. The lowest BCUT2D eigenvalue weighted by Gasteiger charge is -2.24. The Hall–Kier alpha value is -4.65. The van der Waals surface area contributed by atoms with Gasteiger partial charge < -0.3 is 29.2 Å². The van der Waals surface area contributed by atoms with Crippen molar-refractivity contribution in [3.63, 3.8) is 0 Å². The summed E-state index contributed by atoms with van der Waals surface area (Å²) in [7, 11) is 4.84. The molecule has 0 heterocycles. The minimum atomic E-state index is -0.190. The molecule has 0 saturated heterocycles. The summed E-state index contributed by atoms with van der Waals surface area (Å²) in [6, 6.07) is 30.8. The smallest absolute Gasteiger partial charge is 0.322 e. The molecule has 0 aromatic heterocycles. The molecule has 7 nitrogen and oxygen atoms in total. The molecule has 0 fully saturated rings. The first-order valence-corrected chi connectivity index (χ1v) is 12.7. The van der Waals surface area contributed by atoms with E-state index >= 15 is 0 Å². The highest BCUT2D eigenvalue weighted by Crippen LogP contribution is 2.30. The van der Waals surface area contributed by atoms with E-state index in [1.165, 1.54) is 0 Å². The van der Waals surface area contributed by atoms with E-state index in [4.69, 9.17) is 18.9 Å². The van der Waals surface area contributed by atoms with Crippen molar-refractivity contribution in [1.82, 2.24) is 4.90 Å². The summed E-state index contributed by atoms with van der Waals surface area (Å²) in [4.78, 5) is 15.1. The van der Waals surface area contributed by atoms with Crippen molar-refractivity contribution in [2.75, 3.05) is 33.2 Å². The van der Waals surface area contributed by atoms with Gasteiger partial charge >= 0.3 is 6.03 Å². The molecule has 4 rings (SSSR count). The molecule has 202 valence electrons. The van der Waals surface area contributed by atoms with Crippen LogP contribution in [0.15, 0.2) is 97.1 Å². The van der Waals surface area contributed by atoms with Gasteiger partial charge in [-0.25, -0.2) is 4.79 Å². The molecule has 7 heteroatoms. The summed E-state index contributed by atoms with van der Waals surface area (Å²) in [5.74, 6) is 2.59. The van der Waals surface area contributed by atoms with Crippen LogP contribution >= 0.6 is 0 Å². The van der Waals surface area contributed by atoms with Gasteiger partial charge in [0.15, 0.2) is 23.0 Å². The molecular formula is C32H34N2O5. The first kappa shape index (κ1) is 27.4. The largest absolute Gasteiger partial charge is 0.493 e. The standard InChI is InChI=1S/C32H34N2O5/c1-36-28-16-14-24(20-30(28)37-2)18-19-34(32(35)33-27-12-8-5-9-13-27)22-26-15-17-29(31(21-26)38-3)39-23-25-10-6-4-7-11-25/h4-17,20-21H,18-19,22-23H2,1-3H3,(H,33,35). The Morgan fingerprint density at radius 3 is 1.95 bits per heavy atom. The summed E-state index contributed by atoms with van der Waals surface area (Å²) in [5.41, 5.74) is 3.77. The highest BCUT2D eigenvalue weighted by atomic mass is 16.5. The molecule has 0 unspecified atom stereocenters. The highest BCUT2D eigenvalue weighted by Gasteiger charge is 2.17. The first-order valence-electron chi connectivity index (χ1n) is 12.7. The molecule has 4 aromatic carbocycles. The van der Waals surface area contributed by atoms with Crippen LogP contribution in [0.3, 0.4) is 0 Å². The first-order chi connectivity index (χ1) is 19.1. The summed E-state index contributed by atoms with van der Waals surface area (Å²) >= 11 is 0. The van der Waals surface area contributed by atoms with Crippen molar-refractivity contribution in [2.45, 2.75) is 19.6 Å². The Kier molecular flexibility index (Phi) is 9.67. The fourth-order valence-electron chi connectivity index (χ4n) is 4.16. The zero-order chi connectivity index (χ0) is 27.5. The highest BCUT2D eigenvalue weighted by molar-refractivity contribution is 5.89. The number of amides is 2. The monoisotopic (exact) mass is 526 g/mol. The topological polar surface area (TPSA) is 69.3 Å². The van der Waals surface area contributed by atoms with Crippen molar-refractivity contribution in [1.29, 1.82) is 0 Å². The van der Waals surface area contributed by atoms with Crippen LogP contribution in [0.25, 0.3) is 0 Å². The number of anilines is 1. The fourth-order valence-corrected chi connectivity index (χ4v) is 4.16. The normalized spacial score (nSPS) is 10.4. The Morgan fingerprint density at radius 1 is 0.667 bits per heavy atom. The predicted octanol–water partition coefficient (Wildman–Crippen LogP) is 6.57. The number of methoxy groups -OCH3 is 3. The number of carbonyl (C=O) groups is 1. The van der Waals surface area contributed by atoms with Crippen molar-refractivity contribution < 1.29 is 23.7 Å². The predicted molar refractivity (Wildman–Crippen MR) is 153 cm³/mol. The van der Waals surface area contributed by atoms with E-state index in [-0.39, 0.29) is 6.03 Å². The number of hydrogen-bond acceptors (Lipinski definition) is 5. The van der Waals surface area contributed by atoms with Gasteiger partial charge in [0.1, 0.15) is 6.61 Å². The molecule has 4 aromatic rings. The third-order valence-electron chi connectivity index (χ3n) is 6.27. The molecule has 0 bridgehead atoms. The summed E-state index contributed by atoms with van der Waals surface area (Å²) in [5, 5.41) is 3.00. The number of ether oxygens (including phenoxy) is 4. The molecule has 0 aliphatic heterocycles. The van der Waals surface area contributed by atoms with Gasteiger partial charge in [-0.05, 0) is 59.5 Å². The average Bonchev–Trinajstić information content (AvgIpc) is 2.99. The van der Waals surface area contributed by atoms with Gasteiger partial charge in [-0.1, -0.05) is 60.7 Å². The fraction of sp³-hybridized carbons (Fsp3) is 0.219. The quantitative estimate of drug-likeness (QED) is 0.226. The van der Waals surface area contributed by atoms with Crippen molar-refractivity contribution >= 4 is 11.7 Å². The van der Waals surface area contributed by atoms with Gasteiger partial charge in [-0.2, -0.15) is 0 Å². The second kappa shape index (κ2) is 13.8. The summed E-state index contributed by atoms with van der Waals surface area (Å²) in [6.45, 7) is 1.32. The van der Waals surface area contributed by atoms with Gasteiger partial charge in [0, 0.05) is 18.8 Å². The van der Waals surface area contributed by atoms with E-state index in [9.17, 15) is 4.79 Å². The van der Waals surface area contributed by atoms with E-state index in [2.05, 4.69) is 5.32 Å². The van der Waals surface area contributed by atoms with Crippen LogP contribution < -0.4 is 24.3 Å². The lowest BCUT2D eigenvalue weighted by atomic mass is 10.1. The van der Waals surface area contributed by atoms with Gasteiger partial charge in [0.2, 0.25) is 0 Å². The minimum Gasteiger partial charge on any atom is -0.493 e. The van der Waals surface area contributed by atoms with Crippen LogP contribution in [0.1, 0.15) is 16.7 Å². The number of carbonyl (C=O) groups excluding carboxylic acids is 1. The summed E-state index contributed by atoms with van der Waals surface area (Å²) < 4.78 is 22.4. The maximum Gasteiger partial charge on any atom is 0.322 e. The molecule has 0 radical (unpaired) electrons. The SMILES string of the molecule is COc1ccc(CCN(Cc2ccc(OCc3ccccc3)c(OC)c2)C(=O)Nc2ccccc2)cc1OC. The van der Waals surface area contributed by atoms with Crippen molar-refractivity contribution in [3.8, 4) is 23.0 Å². The molecule has 0 spiro atoms. The van der Waals surface area contributed by atoms with E-state index in [0.717, 1.165) is 22.4 Å². The number of urea groups is 1. The zero-order valence-electron chi connectivity index (χ0n) is 22.6. The molecule has 0 aliphatic rings. The van der Waals surface area contributed by atoms with Crippen LogP contribution in [0, 0.1) is 0 Å². The second-order valence-corrected chi connectivity index (χ2v) is 8.92. The molecule has 1 N–H and O–H groups in total. The third kappa shape index (κ3) is 7.68. The van der Waals surface area contributed by atoms with Gasteiger partial charge in [0.05, 0.1) is 21.3 Å². The lowest BCUT2D eigenvalue weighted by molar-refractivity contribution is 0.209. The number of para-hydroxylation sites is 1. The Morgan fingerprint density at radius 2 is 1.26 bits per heavy atom. The number of nitrogens with zero attached hydrogens (tertiary/aromatic N) is 1. The molecule has 2 amide bonds. The number of nitrogens with one attached hydrogen (secondary N) is 1. The van der Waals surface area contributed by atoms with Crippen molar-refractivity contribution in [2.24, 2.45) is 0 Å². The number of rotatable bonds is 12. The van der Waals surface area contributed by atoms with Crippen LogP contribution in [-0.2, 0) is 19.6 Å². The van der Waals surface area contributed by atoms with Gasteiger partial charge in [-0.15, -0.1) is 0 Å². The molecule has 39 heavy (non-hydrogen) atoms. The maximum absolute atomic E-state index is 13.4. The van der Waals surface area contributed by atoms with Gasteiger partial charge in [-0.3, -0.25) is 0 Å².